The Labute approximate surface area is 112 Å². The SMILES string of the molecule is CNC(=O)C1COCCN1c1ccc([C@H](C)O)cn1. The van der Waals surface area contributed by atoms with E-state index in [1.165, 1.54) is 0 Å². The largest absolute Gasteiger partial charge is 0.389 e. The summed E-state index contributed by atoms with van der Waals surface area (Å²) in [5.41, 5.74) is 0.758. The highest BCUT2D eigenvalue weighted by Crippen LogP contribution is 2.19. The highest BCUT2D eigenvalue weighted by molar-refractivity contribution is 5.85. The zero-order valence-corrected chi connectivity index (χ0v) is 11.2. The summed E-state index contributed by atoms with van der Waals surface area (Å²) in [6.07, 6.45) is 1.09. The molecule has 1 aromatic rings. The molecular formula is C13H19N3O3. The highest BCUT2D eigenvalue weighted by Gasteiger charge is 2.29. The molecule has 1 fully saturated rings. The molecule has 0 radical (unpaired) electrons. The average molecular weight is 265 g/mol. The van der Waals surface area contributed by atoms with Gasteiger partial charge in [-0.2, -0.15) is 0 Å². The van der Waals surface area contributed by atoms with Crippen molar-refractivity contribution in [1.29, 1.82) is 0 Å². The van der Waals surface area contributed by atoms with Crippen molar-refractivity contribution in [2.75, 3.05) is 31.7 Å². The number of hydrogen-bond acceptors (Lipinski definition) is 5. The van der Waals surface area contributed by atoms with Crippen molar-refractivity contribution < 1.29 is 14.6 Å². The Morgan fingerprint density at radius 3 is 3.00 bits per heavy atom. The maximum absolute atomic E-state index is 11.8. The van der Waals surface area contributed by atoms with Crippen LogP contribution in [0.25, 0.3) is 0 Å². The first-order chi connectivity index (χ1) is 9.13. The van der Waals surface area contributed by atoms with E-state index in [1.54, 1.807) is 20.2 Å². The fourth-order valence-electron chi connectivity index (χ4n) is 2.08. The Bertz CT molecular complexity index is 433. The molecule has 2 N–H and O–H groups in total. The van der Waals surface area contributed by atoms with Crippen LogP contribution in [-0.4, -0.2) is 48.8 Å². The van der Waals surface area contributed by atoms with Gasteiger partial charge < -0.3 is 20.1 Å². The van der Waals surface area contributed by atoms with Crippen LogP contribution in [0, 0.1) is 0 Å². The number of rotatable bonds is 3. The first-order valence-corrected chi connectivity index (χ1v) is 6.33. The molecule has 1 unspecified atom stereocenters. The number of morpholine rings is 1. The summed E-state index contributed by atoms with van der Waals surface area (Å²) in [5.74, 6) is 0.641. The summed E-state index contributed by atoms with van der Waals surface area (Å²) in [4.78, 5) is 18.1. The van der Waals surface area contributed by atoms with Crippen LogP contribution < -0.4 is 10.2 Å². The number of aliphatic hydroxyl groups is 1. The molecule has 0 bridgehead atoms. The molecular weight excluding hydrogens is 246 g/mol. The van der Waals surface area contributed by atoms with Crippen LogP contribution in [-0.2, 0) is 9.53 Å². The summed E-state index contributed by atoms with van der Waals surface area (Å²) in [6.45, 7) is 3.25. The Morgan fingerprint density at radius 1 is 1.63 bits per heavy atom. The van der Waals surface area contributed by atoms with Crippen molar-refractivity contribution in [3.8, 4) is 0 Å². The molecule has 19 heavy (non-hydrogen) atoms. The Balaban J connectivity index is 2.19. The van der Waals surface area contributed by atoms with Gasteiger partial charge in [-0.3, -0.25) is 4.79 Å². The molecule has 2 rings (SSSR count). The van der Waals surface area contributed by atoms with Crippen molar-refractivity contribution in [3.63, 3.8) is 0 Å². The minimum absolute atomic E-state index is 0.0823. The molecule has 0 aliphatic carbocycles. The molecule has 1 aliphatic heterocycles. The topological polar surface area (TPSA) is 74.7 Å². The van der Waals surface area contributed by atoms with E-state index in [0.29, 0.717) is 19.8 Å². The van der Waals surface area contributed by atoms with Crippen molar-refractivity contribution in [1.82, 2.24) is 10.3 Å². The number of aliphatic hydroxyl groups excluding tert-OH is 1. The molecule has 1 amide bonds. The van der Waals surface area contributed by atoms with Gasteiger partial charge in [0, 0.05) is 19.8 Å². The molecule has 2 atom stereocenters. The van der Waals surface area contributed by atoms with Crippen molar-refractivity contribution in [2.45, 2.75) is 19.1 Å². The highest BCUT2D eigenvalue weighted by atomic mass is 16.5. The Hall–Kier alpha value is -1.66. The normalized spacial score (nSPS) is 21.0. The lowest BCUT2D eigenvalue weighted by molar-refractivity contribution is -0.124. The number of carbonyl (C=O) groups is 1. The number of aromatic nitrogens is 1. The van der Waals surface area contributed by atoms with E-state index in [0.717, 1.165) is 11.4 Å². The van der Waals surface area contributed by atoms with Gasteiger partial charge in [0.1, 0.15) is 11.9 Å². The third kappa shape index (κ3) is 3.02. The molecule has 1 aliphatic rings. The molecule has 1 saturated heterocycles. The number of ether oxygens (including phenoxy) is 1. The van der Waals surface area contributed by atoms with Gasteiger partial charge in [-0.05, 0) is 18.6 Å². The van der Waals surface area contributed by atoms with Gasteiger partial charge in [0.15, 0.2) is 0 Å². The number of anilines is 1. The fourth-order valence-corrected chi connectivity index (χ4v) is 2.08. The minimum atomic E-state index is -0.541. The molecule has 104 valence electrons. The summed E-state index contributed by atoms with van der Waals surface area (Å²) in [6, 6.07) is 3.29. The minimum Gasteiger partial charge on any atom is -0.389 e. The van der Waals surface area contributed by atoms with Crippen LogP contribution in [0.3, 0.4) is 0 Å². The Kier molecular flexibility index (Phi) is 4.34. The van der Waals surface area contributed by atoms with Gasteiger partial charge in [0.2, 0.25) is 5.91 Å². The van der Waals surface area contributed by atoms with Gasteiger partial charge in [0.25, 0.3) is 0 Å². The van der Waals surface area contributed by atoms with Crippen molar-refractivity contribution >= 4 is 11.7 Å². The Morgan fingerprint density at radius 2 is 2.42 bits per heavy atom. The zero-order chi connectivity index (χ0) is 13.8. The van der Waals surface area contributed by atoms with E-state index in [9.17, 15) is 9.90 Å². The summed E-state index contributed by atoms with van der Waals surface area (Å²) >= 11 is 0. The van der Waals surface area contributed by atoms with Crippen LogP contribution in [0.2, 0.25) is 0 Å². The molecule has 1 aromatic heterocycles. The summed E-state index contributed by atoms with van der Waals surface area (Å²) in [5, 5.41) is 12.1. The number of pyridine rings is 1. The second kappa shape index (κ2) is 5.99. The molecule has 2 heterocycles. The third-order valence-electron chi connectivity index (χ3n) is 3.22. The number of hydrogen-bond donors (Lipinski definition) is 2. The maximum Gasteiger partial charge on any atom is 0.244 e. The number of carbonyl (C=O) groups excluding carboxylic acids is 1. The number of nitrogens with one attached hydrogen (secondary N) is 1. The second-order valence-corrected chi connectivity index (χ2v) is 4.52. The molecule has 6 nitrogen and oxygen atoms in total. The first-order valence-electron chi connectivity index (χ1n) is 6.33. The zero-order valence-electron chi connectivity index (χ0n) is 11.2. The summed E-state index contributed by atoms with van der Waals surface area (Å²) in [7, 11) is 1.61. The molecule has 0 spiro atoms. The van der Waals surface area contributed by atoms with Gasteiger partial charge in [-0.1, -0.05) is 6.07 Å². The maximum atomic E-state index is 11.8. The van der Waals surface area contributed by atoms with Crippen molar-refractivity contribution in [2.24, 2.45) is 0 Å². The lowest BCUT2D eigenvalue weighted by atomic mass is 10.1. The predicted molar refractivity (Wildman–Crippen MR) is 70.9 cm³/mol. The molecule has 6 heteroatoms. The van der Waals surface area contributed by atoms with Crippen LogP contribution in [0.5, 0.6) is 0 Å². The van der Waals surface area contributed by atoms with E-state index in [-0.39, 0.29) is 11.9 Å². The van der Waals surface area contributed by atoms with Crippen LogP contribution in [0.15, 0.2) is 18.3 Å². The lowest BCUT2D eigenvalue weighted by Gasteiger charge is -2.35. The number of nitrogens with zero attached hydrogens (tertiary/aromatic N) is 2. The van der Waals surface area contributed by atoms with Gasteiger partial charge >= 0.3 is 0 Å². The van der Waals surface area contributed by atoms with E-state index < -0.39 is 6.10 Å². The lowest BCUT2D eigenvalue weighted by Crippen LogP contribution is -2.53. The average Bonchev–Trinajstić information content (AvgIpc) is 2.46. The second-order valence-electron chi connectivity index (χ2n) is 4.52. The smallest absolute Gasteiger partial charge is 0.244 e. The van der Waals surface area contributed by atoms with Crippen LogP contribution >= 0.6 is 0 Å². The standard InChI is InChI=1S/C13H19N3O3/c1-9(17)10-3-4-12(15-7-10)16-5-6-19-8-11(16)13(18)14-2/h3-4,7,9,11,17H,5-6,8H2,1-2H3,(H,14,18)/t9-,11?/m0/s1. The summed E-state index contributed by atoms with van der Waals surface area (Å²) < 4.78 is 5.35. The monoisotopic (exact) mass is 265 g/mol. The quantitative estimate of drug-likeness (QED) is 0.810. The third-order valence-corrected chi connectivity index (χ3v) is 3.22. The van der Waals surface area contributed by atoms with Crippen molar-refractivity contribution in [3.05, 3.63) is 23.9 Å². The predicted octanol–water partition coefficient (Wildman–Crippen LogP) is 0.0861. The number of amides is 1. The fraction of sp³-hybridized carbons (Fsp3) is 0.538. The van der Waals surface area contributed by atoms with E-state index in [1.807, 2.05) is 17.0 Å². The molecule has 0 saturated carbocycles. The number of likely N-dealkylation sites (N-methyl/N-ethyl adjacent to an activating group) is 1. The first kappa shape index (κ1) is 13.8. The van der Waals surface area contributed by atoms with Crippen LogP contribution in [0.1, 0.15) is 18.6 Å². The van der Waals surface area contributed by atoms with E-state index >= 15 is 0 Å². The van der Waals surface area contributed by atoms with Crippen LogP contribution in [0.4, 0.5) is 5.82 Å². The van der Waals surface area contributed by atoms with Gasteiger partial charge in [0.05, 0.1) is 19.3 Å². The van der Waals surface area contributed by atoms with E-state index in [2.05, 4.69) is 10.3 Å². The molecule has 0 aromatic carbocycles. The van der Waals surface area contributed by atoms with Gasteiger partial charge in [-0.25, -0.2) is 4.98 Å². The van der Waals surface area contributed by atoms with E-state index in [4.69, 9.17) is 4.74 Å². The van der Waals surface area contributed by atoms with Gasteiger partial charge in [-0.15, -0.1) is 0 Å².